The molecule has 0 spiro atoms. The molecule has 1 heterocycles. The summed E-state index contributed by atoms with van der Waals surface area (Å²) < 4.78 is 30.6. The van der Waals surface area contributed by atoms with E-state index < -0.39 is 23.7 Å². The first-order valence-corrected chi connectivity index (χ1v) is 12.1. The number of carbonyl (C=O) groups excluding carboxylic acids is 3. The van der Waals surface area contributed by atoms with Crippen LogP contribution in [0.2, 0.25) is 0 Å². The van der Waals surface area contributed by atoms with Gasteiger partial charge in [0.1, 0.15) is 19.0 Å². The number of carbonyl (C=O) groups is 3. The third kappa shape index (κ3) is 6.60. The third-order valence-corrected chi connectivity index (χ3v) is 5.93. The first-order valence-electron chi connectivity index (χ1n) is 10.5. The van der Waals surface area contributed by atoms with Crippen LogP contribution < -0.4 is 9.47 Å². The third-order valence-electron chi connectivity index (χ3n) is 4.43. The summed E-state index contributed by atoms with van der Waals surface area (Å²) >= 11 is 4.20. The number of imide groups is 1. The van der Waals surface area contributed by atoms with E-state index in [4.69, 9.17) is 14.2 Å². The Morgan fingerprint density at radius 3 is 2.65 bits per heavy atom. The van der Waals surface area contributed by atoms with E-state index >= 15 is 0 Å². The van der Waals surface area contributed by atoms with Crippen LogP contribution in [0.4, 0.5) is 9.18 Å². The Bertz CT molecular complexity index is 1140. The van der Waals surface area contributed by atoms with Gasteiger partial charge in [0.25, 0.3) is 11.1 Å². The van der Waals surface area contributed by atoms with E-state index in [0.717, 1.165) is 16.7 Å². The van der Waals surface area contributed by atoms with Crippen LogP contribution in [0, 0.1) is 5.82 Å². The molecule has 1 saturated heterocycles. The van der Waals surface area contributed by atoms with Gasteiger partial charge < -0.3 is 14.2 Å². The van der Waals surface area contributed by atoms with Crippen LogP contribution in [-0.4, -0.2) is 41.3 Å². The number of nitrogens with zero attached hydrogens (tertiary/aromatic N) is 1. The van der Waals surface area contributed by atoms with Crippen LogP contribution in [0.1, 0.15) is 31.9 Å². The van der Waals surface area contributed by atoms with Crippen molar-refractivity contribution >= 4 is 50.9 Å². The molecule has 0 N–H and O–H groups in total. The molecule has 34 heavy (non-hydrogen) atoms. The van der Waals surface area contributed by atoms with Crippen LogP contribution in [0.5, 0.6) is 11.5 Å². The molecule has 3 rings (SSSR count). The van der Waals surface area contributed by atoms with Crippen LogP contribution in [-0.2, 0) is 20.9 Å². The van der Waals surface area contributed by atoms with Gasteiger partial charge in [-0.25, -0.2) is 4.39 Å². The Kier molecular flexibility index (Phi) is 8.73. The zero-order chi connectivity index (χ0) is 24.8. The van der Waals surface area contributed by atoms with Crippen molar-refractivity contribution in [2.45, 2.75) is 33.5 Å². The van der Waals surface area contributed by atoms with Gasteiger partial charge in [-0.2, -0.15) is 0 Å². The van der Waals surface area contributed by atoms with Gasteiger partial charge in [-0.1, -0.05) is 12.1 Å². The van der Waals surface area contributed by atoms with Crippen molar-refractivity contribution in [3.63, 3.8) is 0 Å². The van der Waals surface area contributed by atoms with Crippen molar-refractivity contribution < 1.29 is 33.0 Å². The fraction of sp³-hybridized carbons (Fsp3) is 0.292. The summed E-state index contributed by atoms with van der Waals surface area (Å²) in [7, 11) is 0. The van der Waals surface area contributed by atoms with Gasteiger partial charge in [0.2, 0.25) is 0 Å². The van der Waals surface area contributed by atoms with Crippen molar-refractivity contribution in [3.05, 3.63) is 62.7 Å². The zero-order valence-electron chi connectivity index (χ0n) is 18.8. The molecule has 1 fully saturated rings. The highest BCUT2D eigenvalue weighted by Gasteiger charge is 2.36. The predicted octanol–water partition coefficient (Wildman–Crippen LogP) is 5.55. The lowest BCUT2D eigenvalue weighted by Gasteiger charge is -2.15. The van der Waals surface area contributed by atoms with Crippen molar-refractivity contribution in [2.75, 3.05) is 13.2 Å². The van der Waals surface area contributed by atoms with Gasteiger partial charge in [0.15, 0.2) is 11.5 Å². The Balaban J connectivity index is 1.81. The zero-order valence-corrected chi connectivity index (χ0v) is 21.2. The molecule has 0 saturated carbocycles. The van der Waals surface area contributed by atoms with Crippen LogP contribution in [0.15, 0.2) is 45.8 Å². The average Bonchev–Trinajstić information content (AvgIpc) is 3.00. The highest BCUT2D eigenvalue weighted by Crippen LogP contribution is 2.39. The number of rotatable bonds is 9. The highest BCUT2D eigenvalue weighted by atomic mass is 79.9. The van der Waals surface area contributed by atoms with E-state index in [0.29, 0.717) is 33.7 Å². The molecule has 0 unspecified atom stereocenters. The van der Waals surface area contributed by atoms with Gasteiger partial charge in [-0.05, 0) is 89.9 Å². The minimum Gasteiger partial charge on any atom is -0.490 e. The molecule has 0 bridgehead atoms. The average molecular weight is 552 g/mol. The summed E-state index contributed by atoms with van der Waals surface area (Å²) in [6, 6.07) is 9.48. The van der Waals surface area contributed by atoms with Gasteiger partial charge in [0.05, 0.1) is 22.1 Å². The molecule has 10 heteroatoms. The molecular weight excluding hydrogens is 529 g/mol. The van der Waals surface area contributed by atoms with Crippen LogP contribution >= 0.6 is 27.7 Å². The van der Waals surface area contributed by atoms with Gasteiger partial charge in [-0.15, -0.1) is 0 Å². The number of esters is 1. The molecule has 1 aliphatic heterocycles. The topological polar surface area (TPSA) is 82.1 Å². The SMILES string of the molecule is CCOc1cc(/C=C2/SC(=O)N(CC(=O)OC(C)C)C2=O)cc(Br)c1OCc1cccc(F)c1. The van der Waals surface area contributed by atoms with Crippen molar-refractivity contribution in [3.8, 4) is 11.5 Å². The molecule has 0 radical (unpaired) electrons. The lowest BCUT2D eigenvalue weighted by molar-refractivity contribution is -0.149. The Morgan fingerprint density at radius 1 is 1.21 bits per heavy atom. The Hall–Kier alpha value is -2.85. The minimum atomic E-state index is -0.653. The minimum absolute atomic E-state index is 0.126. The molecule has 1 aliphatic rings. The van der Waals surface area contributed by atoms with E-state index in [1.807, 2.05) is 6.92 Å². The fourth-order valence-electron chi connectivity index (χ4n) is 3.07. The van der Waals surface area contributed by atoms with Crippen molar-refractivity contribution in [2.24, 2.45) is 0 Å². The quantitative estimate of drug-likeness (QED) is 0.298. The van der Waals surface area contributed by atoms with E-state index in [-0.39, 0.29) is 23.4 Å². The monoisotopic (exact) mass is 551 g/mol. The van der Waals surface area contributed by atoms with Crippen LogP contribution in [0.25, 0.3) is 6.08 Å². The molecular formula is C24H23BrFNO6S. The standard InChI is InChI=1S/C24H23BrFNO6S/c1-4-31-19-10-16(9-18(25)22(19)32-13-15-6-5-7-17(26)8-15)11-20-23(29)27(24(30)34-20)12-21(28)33-14(2)3/h5-11,14H,4,12-13H2,1-3H3/b20-11+. The molecule has 7 nitrogen and oxygen atoms in total. The number of amides is 2. The number of halogens is 2. The van der Waals surface area contributed by atoms with E-state index in [2.05, 4.69) is 15.9 Å². The number of hydrogen-bond acceptors (Lipinski definition) is 7. The number of thioether (sulfide) groups is 1. The van der Waals surface area contributed by atoms with Gasteiger partial charge in [-0.3, -0.25) is 19.3 Å². The second kappa shape index (κ2) is 11.5. The smallest absolute Gasteiger partial charge is 0.326 e. The van der Waals surface area contributed by atoms with Gasteiger partial charge >= 0.3 is 5.97 Å². The predicted molar refractivity (Wildman–Crippen MR) is 130 cm³/mol. The molecule has 0 aromatic heterocycles. The summed E-state index contributed by atoms with van der Waals surface area (Å²) in [6.45, 7) is 5.23. The molecule has 2 aromatic rings. The molecule has 180 valence electrons. The number of hydrogen-bond donors (Lipinski definition) is 0. The highest BCUT2D eigenvalue weighted by molar-refractivity contribution is 9.10. The largest absolute Gasteiger partial charge is 0.490 e. The lowest BCUT2D eigenvalue weighted by atomic mass is 10.1. The van der Waals surface area contributed by atoms with Gasteiger partial charge in [0, 0.05) is 0 Å². The normalized spacial score (nSPS) is 14.8. The van der Waals surface area contributed by atoms with Crippen molar-refractivity contribution in [1.82, 2.24) is 4.90 Å². The summed E-state index contributed by atoms with van der Waals surface area (Å²) in [6.07, 6.45) is 1.20. The van der Waals surface area contributed by atoms with E-state index in [1.54, 1.807) is 44.2 Å². The maximum Gasteiger partial charge on any atom is 0.326 e. The summed E-state index contributed by atoms with van der Waals surface area (Å²) in [4.78, 5) is 37.9. The maximum atomic E-state index is 13.5. The lowest BCUT2D eigenvalue weighted by Crippen LogP contribution is -2.35. The summed E-state index contributed by atoms with van der Waals surface area (Å²) in [5.74, 6) is -0.741. The molecule has 0 aliphatic carbocycles. The number of ether oxygens (including phenoxy) is 3. The molecule has 2 aromatic carbocycles. The Morgan fingerprint density at radius 2 is 1.97 bits per heavy atom. The molecule has 0 atom stereocenters. The first kappa shape index (κ1) is 25.8. The second-order valence-corrected chi connectivity index (χ2v) is 9.34. The van der Waals surface area contributed by atoms with Crippen LogP contribution in [0.3, 0.4) is 0 Å². The number of benzene rings is 2. The second-order valence-electron chi connectivity index (χ2n) is 7.49. The molecule has 2 amide bonds. The first-order chi connectivity index (χ1) is 16.2. The summed E-state index contributed by atoms with van der Waals surface area (Å²) in [5, 5.41) is -0.545. The van der Waals surface area contributed by atoms with E-state index in [9.17, 15) is 18.8 Å². The fourth-order valence-corrected chi connectivity index (χ4v) is 4.49. The summed E-state index contributed by atoms with van der Waals surface area (Å²) in [5.41, 5.74) is 1.24. The van der Waals surface area contributed by atoms with Crippen molar-refractivity contribution in [1.29, 1.82) is 0 Å². The van der Waals surface area contributed by atoms with E-state index in [1.165, 1.54) is 12.1 Å². The Labute approximate surface area is 209 Å². The maximum absolute atomic E-state index is 13.5.